The molecule has 0 aliphatic carbocycles. The van der Waals surface area contributed by atoms with Gasteiger partial charge in [0.25, 0.3) is 5.56 Å². The van der Waals surface area contributed by atoms with Gasteiger partial charge in [0.1, 0.15) is 5.69 Å². The van der Waals surface area contributed by atoms with Gasteiger partial charge in [-0.15, -0.1) is 10.2 Å². The Hall–Kier alpha value is -1.06. The average molecular weight is 448 g/mol. The minimum absolute atomic E-state index is 0.279. The summed E-state index contributed by atoms with van der Waals surface area (Å²) in [7, 11) is 1.45. The second kappa shape index (κ2) is 5.86. The van der Waals surface area contributed by atoms with Gasteiger partial charge in [-0.25, -0.2) is 4.79 Å². The fraction of sp³-hybridized carbons (Fsp3) is 0.385. The van der Waals surface area contributed by atoms with Crippen molar-refractivity contribution in [3.05, 3.63) is 36.7 Å². The number of rotatable bonds is 2. The van der Waals surface area contributed by atoms with Crippen LogP contribution in [0.3, 0.4) is 0 Å². The number of hydrogen-bond acceptors (Lipinski definition) is 4. The predicted octanol–water partition coefficient (Wildman–Crippen LogP) is 2.36. The fourth-order valence-corrected chi connectivity index (χ4v) is 4.89. The van der Waals surface area contributed by atoms with Crippen LogP contribution in [0.25, 0.3) is 15.5 Å². The maximum atomic E-state index is 12.3. The van der Waals surface area contributed by atoms with Crippen molar-refractivity contribution in [3.63, 3.8) is 0 Å². The van der Waals surface area contributed by atoms with Crippen LogP contribution in [0.1, 0.15) is 5.69 Å². The van der Waals surface area contributed by atoms with Gasteiger partial charge in [0, 0.05) is 14.1 Å². The predicted molar refractivity (Wildman–Crippen MR) is 98.1 cm³/mol. The molecule has 0 aliphatic heterocycles. The van der Waals surface area contributed by atoms with E-state index in [2.05, 4.69) is 61.7 Å². The van der Waals surface area contributed by atoms with Crippen molar-refractivity contribution in [1.29, 1.82) is 0 Å². The highest BCUT2D eigenvalue weighted by Gasteiger charge is 2.22. The lowest BCUT2D eigenvalue weighted by molar-refractivity contribution is 0.702. The van der Waals surface area contributed by atoms with Gasteiger partial charge in [0.05, 0.1) is 17.9 Å². The number of nitrogens with zero attached hydrogens (tertiary/aromatic N) is 4. The Morgan fingerprint density at radius 3 is 2.23 bits per heavy atom. The third-order valence-corrected chi connectivity index (χ3v) is 10.5. The number of hydrogen-bond donors (Lipinski definition) is 0. The van der Waals surface area contributed by atoms with E-state index in [0.717, 1.165) is 13.2 Å². The molecule has 0 N–H and O–H groups in total. The Labute approximate surface area is 145 Å². The zero-order valence-electron chi connectivity index (χ0n) is 12.9. The highest BCUT2D eigenvalue weighted by Crippen LogP contribution is 2.33. The van der Waals surface area contributed by atoms with Crippen LogP contribution in [-0.2, 0) is 14.1 Å². The molecular formula is C13H16Br2N4O2Si. The Morgan fingerprint density at radius 1 is 1.09 bits per heavy atom. The Morgan fingerprint density at radius 2 is 1.68 bits per heavy atom. The smallest absolute Gasteiger partial charge is 0.279 e. The maximum Gasteiger partial charge on any atom is 0.332 e. The van der Waals surface area contributed by atoms with E-state index in [1.807, 2.05) is 0 Å². The van der Waals surface area contributed by atoms with Gasteiger partial charge in [-0.05, 0) is 26.1 Å². The molecule has 2 aromatic rings. The largest absolute Gasteiger partial charge is 0.332 e. The van der Waals surface area contributed by atoms with Crippen LogP contribution >= 0.6 is 31.9 Å². The minimum atomic E-state index is -1.58. The Bertz CT molecular complexity index is 909. The van der Waals surface area contributed by atoms with Crippen molar-refractivity contribution in [1.82, 2.24) is 19.3 Å². The van der Waals surface area contributed by atoms with Crippen molar-refractivity contribution >= 4 is 55.4 Å². The first-order chi connectivity index (χ1) is 10.1. The summed E-state index contributed by atoms with van der Waals surface area (Å²) >= 11 is 7.15. The number of fused-ring (bicyclic) bond motifs is 1. The first-order valence-corrected chi connectivity index (χ1v) is 11.6. The SMILES string of the molecule is Cn1c(=O)c2cc(/C(Br)=C(\Br)[Si](C)(C)C)nnc2n(C)c1=O. The zero-order valence-corrected chi connectivity index (χ0v) is 17.1. The van der Waals surface area contributed by atoms with Crippen LogP contribution in [-0.4, -0.2) is 27.4 Å². The van der Waals surface area contributed by atoms with Crippen LogP contribution < -0.4 is 11.2 Å². The number of aryl methyl sites for hydroxylation is 1. The van der Waals surface area contributed by atoms with Crippen LogP contribution in [0.5, 0.6) is 0 Å². The average Bonchev–Trinajstić information content (AvgIpc) is 2.47. The molecule has 22 heavy (non-hydrogen) atoms. The van der Waals surface area contributed by atoms with Crippen LogP contribution in [0.4, 0.5) is 0 Å². The normalized spacial score (nSPS) is 13.4. The monoisotopic (exact) mass is 446 g/mol. The summed E-state index contributed by atoms with van der Waals surface area (Å²) in [6.45, 7) is 6.57. The topological polar surface area (TPSA) is 69.8 Å². The van der Waals surface area contributed by atoms with E-state index in [-0.39, 0.29) is 11.2 Å². The molecule has 0 saturated carbocycles. The van der Waals surface area contributed by atoms with Gasteiger partial charge >= 0.3 is 5.69 Å². The van der Waals surface area contributed by atoms with E-state index >= 15 is 0 Å². The summed E-state index contributed by atoms with van der Waals surface area (Å²) in [6.07, 6.45) is 0. The fourth-order valence-electron chi connectivity index (χ4n) is 1.92. The van der Waals surface area contributed by atoms with Crippen LogP contribution in [0, 0.1) is 0 Å². The van der Waals surface area contributed by atoms with Crippen LogP contribution in [0.2, 0.25) is 19.6 Å². The van der Waals surface area contributed by atoms with Crippen molar-refractivity contribution < 1.29 is 0 Å². The third kappa shape index (κ3) is 2.89. The summed E-state index contributed by atoms with van der Waals surface area (Å²) in [5.74, 6) is 0. The standard InChI is InChI=1S/C13H16Br2N4O2Si/c1-18-11-7(12(20)19(2)13(18)21)6-8(16-17-11)9(14)10(15)22(3,4)5/h6H,1-5H3/b10-9-. The summed E-state index contributed by atoms with van der Waals surface area (Å²) in [6, 6.07) is 1.66. The van der Waals surface area contributed by atoms with E-state index < -0.39 is 13.8 Å². The zero-order chi connectivity index (χ0) is 16.8. The quantitative estimate of drug-likeness (QED) is 0.662. The molecule has 0 saturated heterocycles. The molecule has 2 rings (SSSR count). The van der Waals surface area contributed by atoms with Crippen LogP contribution in [0.15, 0.2) is 19.8 Å². The van der Waals surface area contributed by atoms with Crippen molar-refractivity contribution in [2.24, 2.45) is 14.1 Å². The molecule has 0 aliphatic rings. The molecule has 0 unspecified atom stereocenters. The first-order valence-electron chi connectivity index (χ1n) is 6.55. The van der Waals surface area contributed by atoms with Gasteiger partial charge in [0.2, 0.25) is 0 Å². The maximum absolute atomic E-state index is 12.3. The molecule has 0 bridgehead atoms. The third-order valence-electron chi connectivity index (χ3n) is 3.28. The number of halogens is 2. The molecule has 0 atom stereocenters. The van der Waals surface area contributed by atoms with E-state index in [0.29, 0.717) is 11.1 Å². The summed E-state index contributed by atoms with van der Waals surface area (Å²) in [4.78, 5) is 24.2. The molecule has 0 aromatic carbocycles. The second-order valence-corrected chi connectivity index (χ2v) is 13.4. The van der Waals surface area contributed by atoms with E-state index in [9.17, 15) is 9.59 Å². The molecular weight excluding hydrogens is 432 g/mol. The van der Waals surface area contributed by atoms with Crippen molar-refractivity contribution in [3.8, 4) is 0 Å². The molecule has 6 nitrogen and oxygen atoms in total. The summed E-state index contributed by atoms with van der Waals surface area (Å²) < 4.78 is 4.23. The van der Waals surface area contributed by atoms with Gasteiger partial charge in [-0.2, -0.15) is 0 Å². The Balaban J connectivity index is 2.83. The Kier molecular flexibility index (Phi) is 4.60. The molecule has 118 valence electrons. The van der Waals surface area contributed by atoms with E-state index in [4.69, 9.17) is 0 Å². The molecule has 0 spiro atoms. The van der Waals surface area contributed by atoms with E-state index in [1.165, 1.54) is 11.6 Å². The molecule has 0 amide bonds. The lowest BCUT2D eigenvalue weighted by Gasteiger charge is -2.17. The van der Waals surface area contributed by atoms with Gasteiger partial charge < -0.3 is 0 Å². The molecule has 2 aromatic heterocycles. The van der Waals surface area contributed by atoms with Crippen molar-refractivity contribution in [2.75, 3.05) is 0 Å². The van der Waals surface area contributed by atoms with Crippen molar-refractivity contribution in [2.45, 2.75) is 19.6 Å². The second-order valence-electron chi connectivity index (χ2n) is 6.05. The number of aromatic nitrogens is 4. The molecule has 9 heteroatoms. The highest BCUT2D eigenvalue weighted by molar-refractivity contribution is 9.17. The lowest BCUT2D eigenvalue weighted by atomic mass is 10.3. The molecule has 2 heterocycles. The summed E-state index contributed by atoms with van der Waals surface area (Å²) in [5, 5.41) is 8.57. The highest BCUT2D eigenvalue weighted by atomic mass is 79.9. The summed E-state index contributed by atoms with van der Waals surface area (Å²) in [5.41, 5.74) is 0.0509. The lowest BCUT2D eigenvalue weighted by Crippen LogP contribution is -2.37. The van der Waals surface area contributed by atoms with Gasteiger partial charge in [-0.3, -0.25) is 13.9 Å². The minimum Gasteiger partial charge on any atom is -0.279 e. The van der Waals surface area contributed by atoms with E-state index in [1.54, 1.807) is 13.1 Å². The molecule has 0 radical (unpaired) electrons. The van der Waals surface area contributed by atoms with Gasteiger partial charge in [-0.1, -0.05) is 35.6 Å². The first kappa shape index (κ1) is 17.3. The van der Waals surface area contributed by atoms with Gasteiger partial charge in [0.15, 0.2) is 5.65 Å². The molecule has 0 fully saturated rings.